The van der Waals surface area contributed by atoms with E-state index in [2.05, 4.69) is 0 Å². The van der Waals surface area contributed by atoms with Crippen LogP contribution in [0.1, 0.15) is 27.2 Å². The van der Waals surface area contributed by atoms with Crippen molar-refractivity contribution in [1.82, 2.24) is 0 Å². The topological polar surface area (TPSA) is 86.5 Å². The Morgan fingerprint density at radius 2 is 1.94 bits per heavy atom. The van der Waals surface area contributed by atoms with Crippen molar-refractivity contribution in [1.29, 1.82) is 0 Å². The van der Waals surface area contributed by atoms with Gasteiger partial charge in [0.15, 0.2) is 9.84 Å². The lowest BCUT2D eigenvalue weighted by molar-refractivity contribution is -0.154. The Morgan fingerprint density at radius 1 is 1.47 bits per heavy atom. The van der Waals surface area contributed by atoms with Crippen LogP contribution >= 0.6 is 11.6 Å². The molecule has 17 heavy (non-hydrogen) atoms. The SMILES string of the molecule is CC(C)(C)OC(=O)C[C@H](N)C=C(Cl)S(C)(=O)=O. The van der Waals surface area contributed by atoms with E-state index in [4.69, 9.17) is 22.1 Å². The Bertz CT molecular complexity index is 409. The fourth-order valence-electron chi connectivity index (χ4n) is 0.926. The normalized spacial score (nSPS) is 15.5. The van der Waals surface area contributed by atoms with Gasteiger partial charge in [-0.25, -0.2) is 8.42 Å². The second kappa shape index (κ2) is 5.84. The molecule has 0 aromatic rings. The third-order valence-corrected chi connectivity index (χ3v) is 3.33. The van der Waals surface area contributed by atoms with Gasteiger partial charge in [-0.3, -0.25) is 4.79 Å². The molecule has 0 saturated heterocycles. The molecule has 0 saturated carbocycles. The fraction of sp³-hybridized carbons (Fsp3) is 0.700. The minimum atomic E-state index is -3.47. The summed E-state index contributed by atoms with van der Waals surface area (Å²) >= 11 is 5.51. The van der Waals surface area contributed by atoms with Gasteiger partial charge in [0.25, 0.3) is 0 Å². The monoisotopic (exact) mass is 283 g/mol. The number of hydrogen-bond donors (Lipinski definition) is 1. The lowest BCUT2D eigenvalue weighted by atomic mass is 10.2. The quantitative estimate of drug-likeness (QED) is 0.783. The average molecular weight is 284 g/mol. The molecule has 0 heterocycles. The Labute approximate surface area is 107 Å². The second-order valence-corrected chi connectivity index (χ2v) is 7.31. The molecule has 1 atom stereocenters. The molecule has 0 bridgehead atoms. The first-order valence-corrected chi connectivity index (χ1v) is 7.23. The zero-order valence-electron chi connectivity index (χ0n) is 10.4. The van der Waals surface area contributed by atoms with E-state index in [1.165, 1.54) is 0 Å². The van der Waals surface area contributed by atoms with Crippen molar-refractivity contribution in [2.45, 2.75) is 38.8 Å². The second-order valence-electron chi connectivity index (χ2n) is 4.70. The summed E-state index contributed by atoms with van der Waals surface area (Å²) < 4.78 is 26.7. The third kappa shape index (κ3) is 8.18. The lowest BCUT2D eigenvalue weighted by Gasteiger charge is -2.20. The molecule has 0 aliphatic rings. The van der Waals surface area contributed by atoms with E-state index in [1.807, 2.05) is 0 Å². The first kappa shape index (κ1) is 16.4. The summed E-state index contributed by atoms with van der Waals surface area (Å²) in [5, 5.41) is 0. The van der Waals surface area contributed by atoms with Crippen molar-refractivity contribution in [2.75, 3.05) is 6.26 Å². The Balaban J connectivity index is 4.48. The van der Waals surface area contributed by atoms with Crippen LogP contribution in [-0.4, -0.2) is 32.3 Å². The van der Waals surface area contributed by atoms with Crippen molar-refractivity contribution < 1.29 is 17.9 Å². The molecule has 2 N–H and O–H groups in total. The van der Waals surface area contributed by atoms with Crippen LogP contribution in [0.5, 0.6) is 0 Å². The van der Waals surface area contributed by atoms with E-state index in [1.54, 1.807) is 20.8 Å². The minimum absolute atomic E-state index is 0.122. The van der Waals surface area contributed by atoms with Crippen LogP contribution in [0.25, 0.3) is 0 Å². The van der Waals surface area contributed by atoms with Gasteiger partial charge in [0.2, 0.25) is 0 Å². The predicted molar refractivity (Wildman–Crippen MR) is 67.2 cm³/mol. The minimum Gasteiger partial charge on any atom is -0.460 e. The first-order valence-electron chi connectivity index (χ1n) is 4.96. The molecule has 0 aliphatic heterocycles. The number of rotatable bonds is 4. The highest BCUT2D eigenvalue weighted by Crippen LogP contribution is 2.13. The van der Waals surface area contributed by atoms with Gasteiger partial charge in [0, 0.05) is 12.3 Å². The molecule has 0 amide bonds. The van der Waals surface area contributed by atoms with Gasteiger partial charge in [-0.2, -0.15) is 0 Å². The molecule has 0 aliphatic carbocycles. The van der Waals surface area contributed by atoms with Gasteiger partial charge in [-0.15, -0.1) is 0 Å². The number of esters is 1. The van der Waals surface area contributed by atoms with Crippen LogP contribution < -0.4 is 5.73 Å². The molecule has 7 heteroatoms. The van der Waals surface area contributed by atoms with E-state index in [-0.39, 0.29) is 10.8 Å². The Hall–Kier alpha value is -0.590. The maximum atomic E-state index is 11.4. The molecule has 5 nitrogen and oxygen atoms in total. The number of nitrogens with two attached hydrogens (primary N) is 1. The summed E-state index contributed by atoms with van der Waals surface area (Å²) in [4.78, 5) is 11.4. The van der Waals surface area contributed by atoms with Crippen LogP contribution in [-0.2, 0) is 19.4 Å². The van der Waals surface area contributed by atoms with Gasteiger partial charge in [0.05, 0.1) is 6.42 Å². The summed E-state index contributed by atoms with van der Waals surface area (Å²) in [6, 6.07) is -0.785. The maximum Gasteiger partial charge on any atom is 0.308 e. The van der Waals surface area contributed by atoms with Crippen molar-refractivity contribution in [3.63, 3.8) is 0 Å². The summed E-state index contributed by atoms with van der Waals surface area (Å²) in [7, 11) is -3.47. The van der Waals surface area contributed by atoms with Gasteiger partial charge < -0.3 is 10.5 Å². The number of ether oxygens (including phenoxy) is 1. The molecule has 0 rings (SSSR count). The molecular weight excluding hydrogens is 266 g/mol. The fourth-order valence-corrected chi connectivity index (χ4v) is 1.51. The molecule has 0 aromatic heterocycles. The standard InChI is InChI=1S/C10H18ClNO4S/c1-10(2,3)16-9(13)6-7(12)5-8(11)17(4,14)15/h5,7H,6,12H2,1-4H3/t7-/m1/s1. The van der Waals surface area contributed by atoms with Crippen LogP contribution in [0.2, 0.25) is 0 Å². The Morgan fingerprint density at radius 3 is 2.29 bits per heavy atom. The molecule has 0 unspecified atom stereocenters. The molecule has 0 radical (unpaired) electrons. The molecule has 0 fully saturated rings. The molecular formula is C10H18ClNO4S. The zero-order valence-corrected chi connectivity index (χ0v) is 11.9. The van der Waals surface area contributed by atoms with Crippen LogP contribution in [0.4, 0.5) is 0 Å². The highest BCUT2D eigenvalue weighted by atomic mass is 35.5. The van der Waals surface area contributed by atoms with Crippen LogP contribution in [0.3, 0.4) is 0 Å². The largest absolute Gasteiger partial charge is 0.460 e. The summed E-state index contributed by atoms with van der Waals surface area (Å²) in [5.74, 6) is -0.501. The lowest BCUT2D eigenvalue weighted by Crippen LogP contribution is -2.29. The predicted octanol–water partition coefficient (Wildman–Crippen LogP) is 1.17. The van der Waals surface area contributed by atoms with Crippen molar-refractivity contribution in [3.8, 4) is 0 Å². The molecule has 0 spiro atoms. The number of halogens is 1. The van der Waals surface area contributed by atoms with Crippen molar-refractivity contribution in [3.05, 3.63) is 10.4 Å². The van der Waals surface area contributed by atoms with Gasteiger partial charge in [-0.1, -0.05) is 11.6 Å². The summed E-state index contributed by atoms with van der Waals surface area (Å²) in [6.45, 7) is 5.20. The highest BCUT2D eigenvalue weighted by molar-refractivity contribution is 7.96. The number of hydrogen-bond acceptors (Lipinski definition) is 5. The molecule has 100 valence electrons. The van der Waals surface area contributed by atoms with E-state index < -0.39 is 27.4 Å². The van der Waals surface area contributed by atoms with E-state index in [0.29, 0.717) is 0 Å². The van der Waals surface area contributed by atoms with Gasteiger partial charge in [0.1, 0.15) is 9.97 Å². The zero-order chi connectivity index (χ0) is 13.9. The highest BCUT2D eigenvalue weighted by Gasteiger charge is 2.19. The first-order chi connectivity index (χ1) is 7.42. The third-order valence-electron chi connectivity index (χ3n) is 1.52. The molecule has 0 aromatic carbocycles. The van der Waals surface area contributed by atoms with Gasteiger partial charge >= 0.3 is 5.97 Å². The van der Waals surface area contributed by atoms with Crippen molar-refractivity contribution in [2.24, 2.45) is 5.73 Å². The van der Waals surface area contributed by atoms with Crippen LogP contribution in [0, 0.1) is 0 Å². The van der Waals surface area contributed by atoms with E-state index >= 15 is 0 Å². The Kier molecular flexibility index (Phi) is 5.64. The summed E-state index contributed by atoms with van der Waals surface area (Å²) in [6.07, 6.45) is 1.97. The van der Waals surface area contributed by atoms with E-state index in [0.717, 1.165) is 12.3 Å². The summed E-state index contributed by atoms with van der Waals surface area (Å²) in [5.41, 5.74) is 4.97. The average Bonchev–Trinajstić information content (AvgIpc) is 1.96. The number of sulfone groups is 1. The maximum absolute atomic E-state index is 11.4. The smallest absolute Gasteiger partial charge is 0.308 e. The van der Waals surface area contributed by atoms with Crippen LogP contribution in [0.15, 0.2) is 10.4 Å². The van der Waals surface area contributed by atoms with Gasteiger partial charge in [-0.05, 0) is 26.8 Å². The number of carbonyl (C=O) groups excluding carboxylic acids is 1. The van der Waals surface area contributed by atoms with E-state index in [9.17, 15) is 13.2 Å². The van der Waals surface area contributed by atoms with Crippen molar-refractivity contribution >= 4 is 27.4 Å². The number of carbonyl (C=O) groups is 1.